The van der Waals surface area contributed by atoms with E-state index in [1.54, 1.807) is 0 Å². The Morgan fingerprint density at radius 1 is 0.790 bits per heavy atom. The van der Waals surface area contributed by atoms with Crippen LogP contribution < -0.4 is 4.74 Å². The van der Waals surface area contributed by atoms with E-state index in [4.69, 9.17) is 47.4 Å². The monoisotopic (exact) mass is 876 g/mol. The molecule has 0 bridgehead atoms. The number of para-hydroxylation sites is 2. The third-order valence-corrected chi connectivity index (χ3v) is 10.3. The third kappa shape index (κ3) is 9.55. The van der Waals surface area contributed by atoms with E-state index >= 15 is 0 Å². The molecule has 22 heteroatoms. The van der Waals surface area contributed by atoms with Gasteiger partial charge in [-0.1, -0.05) is 18.2 Å². The van der Waals surface area contributed by atoms with E-state index in [9.17, 15) is 59.7 Å². The lowest BCUT2D eigenvalue weighted by atomic mass is 9.81. The molecule has 0 aliphatic carbocycles. The zero-order valence-electron chi connectivity index (χ0n) is 32.9. The van der Waals surface area contributed by atoms with Crippen LogP contribution in [-0.4, -0.2) is 153 Å². The number of phenols is 3. The molecule has 62 heavy (non-hydrogen) atoms. The molecule has 7 N–H and O–H groups in total. The average Bonchev–Trinajstić information content (AvgIpc) is 3.23. The van der Waals surface area contributed by atoms with Crippen LogP contribution in [0.5, 0.6) is 23.0 Å². The number of ether oxygens (including phenoxy) is 10. The molecule has 336 valence electrons. The van der Waals surface area contributed by atoms with E-state index in [1.165, 1.54) is 18.2 Å². The molecular weight excluding hydrogens is 832 g/mol. The van der Waals surface area contributed by atoms with Crippen LogP contribution in [0.3, 0.4) is 0 Å². The summed E-state index contributed by atoms with van der Waals surface area (Å²) in [5.41, 5.74) is -1.01. The van der Waals surface area contributed by atoms with Crippen LogP contribution >= 0.6 is 0 Å². The quantitative estimate of drug-likeness (QED) is 0.0581. The first kappa shape index (κ1) is 45.5. The highest BCUT2D eigenvalue weighted by atomic mass is 16.8. The Kier molecular flexibility index (Phi) is 14.2. The first-order chi connectivity index (χ1) is 29.5. The maximum absolute atomic E-state index is 14.0. The minimum atomic E-state index is -1.95. The number of aliphatic hydroxyl groups is 4. The van der Waals surface area contributed by atoms with Crippen molar-refractivity contribution in [2.24, 2.45) is 11.8 Å². The number of hydrogen-bond acceptors (Lipinski definition) is 22. The van der Waals surface area contributed by atoms with Gasteiger partial charge in [-0.15, -0.1) is 6.58 Å². The van der Waals surface area contributed by atoms with Crippen LogP contribution in [0.2, 0.25) is 0 Å². The van der Waals surface area contributed by atoms with E-state index in [2.05, 4.69) is 6.58 Å². The van der Waals surface area contributed by atoms with Crippen LogP contribution in [0.1, 0.15) is 41.0 Å². The second kappa shape index (κ2) is 19.4. The van der Waals surface area contributed by atoms with Gasteiger partial charge >= 0.3 is 29.8 Å². The number of carbonyl (C=O) groups is 5. The molecule has 0 amide bonds. The molecule has 4 aliphatic heterocycles. The highest BCUT2D eigenvalue weighted by Crippen LogP contribution is 2.41. The molecule has 13 atom stereocenters. The van der Waals surface area contributed by atoms with E-state index in [0.29, 0.717) is 6.42 Å². The highest BCUT2D eigenvalue weighted by Gasteiger charge is 2.55. The second-order valence-corrected chi connectivity index (χ2v) is 14.4. The van der Waals surface area contributed by atoms with Gasteiger partial charge in [0.1, 0.15) is 48.3 Å². The summed E-state index contributed by atoms with van der Waals surface area (Å²) in [7, 11) is 0. The molecule has 1 unspecified atom stereocenters. The topological polar surface area (TPSA) is 319 Å². The third-order valence-electron chi connectivity index (χ3n) is 10.3. The van der Waals surface area contributed by atoms with Crippen LogP contribution in [0.15, 0.2) is 60.9 Å². The lowest BCUT2D eigenvalue weighted by Gasteiger charge is -2.46. The number of hydrogen-bond donors (Lipinski definition) is 7. The summed E-state index contributed by atoms with van der Waals surface area (Å²) in [5.74, 6) is -9.53. The summed E-state index contributed by atoms with van der Waals surface area (Å²) in [6.07, 6.45) is -16.3. The standard InChI is InChI=1S/C40H44O22/c1-4-18-19-11-12-53-35(50)22(19)14-55-38(18)62-40-34(61-36(51)20-7-5-9-23(44)27(20)45)33(56-17(3)43)32(26(59-40)15-54-16(2)42)60-37(52)21-8-6-10-24(28(21)46)57-39-31(49)30(48)29(47)25(13-41)58-39/h4-10,14,18-19,25-26,29-34,38-41,44-49H,1,11-13,15H2,2-3H3/t18-,19+,25-,26-,29-,30+,31-,32-,33+,34-,38?,39-,40+/m1/s1. The summed E-state index contributed by atoms with van der Waals surface area (Å²) in [6.45, 7) is 4.41. The molecular formula is C40H44O22. The normalized spacial score (nSPS) is 31.7. The molecule has 0 aromatic heterocycles. The molecule has 0 radical (unpaired) electrons. The molecule has 4 aliphatic rings. The van der Waals surface area contributed by atoms with Gasteiger partial charge in [-0.2, -0.15) is 0 Å². The van der Waals surface area contributed by atoms with Gasteiger partial charge in [0.15, 0.2) is 41.3 Å². The molecule has 2 aromatic rings. The Balaban J connectivity index is 1.36. The zero-order chi connectivity index (χ0) is 45.0. The first-order valence-corrected chi connectivity index (χ1v) is 19.0. The van der Waals surface area contributed by atoms with Crippen molar-refractivity contribution < 1.29 is 107 Å². The molecule has 0 spiro atoms. The highest BCUT2D eigenvalue weighted by molar-refractivity contribution is 5.94. The maximum atomic E-state index is 14.0. The minimum absolute atomic E-state index is 0.0653. The van der Waals surface area contributed by atoms with Crippen molar-refractivity contribution in [3.05, 3.63) is 72.0 Å². The zero-order valence-corrected chi connectivity index (χ0v) is 32.9. The van der Waals surface area contributed by atoms with E-state index in [1.807, 2.05) is 0 Å². The van der Waals surface area contributed by atoms with Gasteiger partial charge in [0.25, 0.3) is 0 Å². The van der Waals surface area contributed by atoms with Gasteiger partial charge in [0.2, 0.25) is 18.9 Å². The van der Waals surface area contributed by atoms with E-state index < -0.39 is 157 Å². The first-order valence-electron chi connectivity index (χ1n) is 19.0. The largest absolute Gasteiger partial charge is 0.504 e. The molecule has 3 fully saturated rings. The van der Waals surface area contributed by atoms with Crippen molar-refractivity contribution in [2.75, 3.05) is 19.8 Å². The molecule has 4 heterocycles. The maximum Gasteiger partial charge on any atom is 0.342 e. The Bertz CT molecular complexity index is 2050. The Morgan fingerprint density at radius 2 is 1.45 bits per heavy atom. The fourth-order valence-electron chi connectivity index (χ4n) is 7.21. The van der Waals surface area contributed by atoms with Crippen molar-refractivity contribution in [3.8, 4) is 23.0 Å². The summed E-state index contributed by atoms with van der Waals surface area (Å²) in [6, 6.07) is 6.79. The Hall–Kier alpha value is -6.01. The predicted molar refractivity (Wildman–Crippen MR) is 198 cm³/mol. The van der Waals surface area contributed by atoms with Crippen molar-refractivity contribution in [1.82, 2.24) is 0 Å². The molecule has 3 saturated heterocycles. The number of aromatic hydroxyl groups is 3. The van der Waals surface area contributed by atoms with E-state index in [0.717, 1.165) is 44.4 Å². The average molecular weight is 877 g/mol. The predicted octanol–water partition coefficient (Wildman–Crippen LogP) is -0.425. The second-order valence-electron chi connectivity index (χ2n) is 14.4. The van der Waals surface area contributed by atoms with E-state index in [-0.39, 0.29) is 12.2 Å². The number of rotatable bonds is 13. The number of cyclic esters (lactones) is 1. The number of phenolic OH excluding ortho intramolecular Hbond substituents is 3. The molecule has 22 nitrogen and oxygen atoms in total. The summed E-state index contributed by atoms with van der Waals surface area (Å²) in [5, 5.41) is 72.3. The van der Waals surface area contributed by atoms with Crippen LogP contribution in [-0.2, 0) is 57.0 Å². The van der Waals surface area contributed by atoms with Crippen LogP contribution in [0.4, 0.5) is 0 Å². The van der Waals surface area contributed by atoms with Crippen LogP contribution in [0, 0.1) is 11.8 Å². The van der Waals surface area contributed by atoms with Crippen molar-refractivity contribution >= 4 is 29.8 Å². The van der Waals surface area contributed by atoms with Gasteiger partial charge in [-0.3, -0.25) is 9.59 Å². The summed E-state index contributed by atoms with van der Waals surface area (Å²) >= 11 is 0. The number of aliphatic hydroxyl groups excluding tert-OH is 4. The summed E-state index contributed by atoms with van der Waals surface area (Å²) in [4.78, 5) is 65.2. The number of fused-ring (bicyclic) bond motifs is 1. The number of benzene rings is 2. The van der Waals surface area contributed by atoms with Gasteiger partial charge in [0.05, 0.1) is 25.0 Å². The van der Waals surface area contributed by atoms with Crippen LogP contribution in [0.25, 0.3) is 0 Å². The molecule has 2 aromatic carbocycles. The smallest absolute Gasteiger partial charge is 0.342 e. The Morgan fingerprint density at radius 3 is 2.11 bits per heavy atom. The SMILES string of the molecule is C=C[C@H]1C(O[C@@H]2O[C@H](COC(C)=O)[C@@H](OC(=O)c3cccc(O[C@@H]4O[C@H](CO)[C@@H](O)[C@H](O)[C@H]4O)c3O)[C@H](OC(C)=O)[C@H]2OC(=O)c2cccc(O)c2O)OC=C2C(=O)OCC[C@H]21. The number of esters is 5. The van der Waals surface area contributed by atoms with Crippen molar-refractivity contribution in [1.29, 1.82) is 0 Å². The lowest BCUT2D eigenvalue weighted by Crippen LogP contribution is -2.64. The Labute approximate surface area is 351 Å². The van der Waals surface area contributed by atoms with Gasteiger partial charge < -0.3 is 83.1 Å². The van der Waals surface area contributed by atoms with Gasteiger partial charge in [-0.05, 0) is 30.7 Å². The molecule has 6 rings (SSSR count). The summed E-state index contributed by atoms with van der Waals surface area (Å²) < 4.78 is 56.6. The lowest BCUT2D eigenvalue weighted by molar-refractivity contribution is -0.338. The number of carbonyl (C=O) groups excluding carboxylic acids is 5. The molecule has 0 saturated carbocycles. The fraction of sp³-hybridized carbons (Fsp3) is 0.475. The van der Waals surface area contributed by atoms with Crippen molar-refractivity contribution in [2.45, 2.75) is 88.0 Å². The fourth-order valence-corrected chi connectivity index (χ4v) is 7.21. The minimum Gasteiger partial charge on any atom is -0.504 e. The van der Waals surface area contributed by atoms with Crippen molar-refractivity contribution in [3.63, 3.8) is 0 Å². The van der Waals surface area contributed by atoms with Gasteiger partial charge in [0, 0.05) is 25.7 Å². The van der Waals surface area contributed by atoms with Gasteiger partial charge in [-0.25, -0.2) is 14.4 Å².